The van der Waals surface area contributed by atoms with Crippen LogP contribution in [0.3, 0.4) is 0 Å². The molecule has 1 aliphatic heterocycles. The number of carbonyl (C=O) groups is 1. The van der Waals surface area contributed by atoms with Crippen LogP contribution in [0.2, 0.25) is 0 Å². The molecule has 1 aromatic carbocycles. The van der Waals surface area contributed by atoms with Crippen LogP contribution in [0.25, 0.3) is 0 Å². The van der Waals surface area contributed by atoms with Crippen molar-refractivity contribution in [3.8, 4) is 5.75 Å². The number of ether oxygens (including phenoxy) is 1. The lowest BCUT2D eigenvalue weighted by molar-refractivity contribution is -0.119. The zero-order valence-corrected chi connectivity index (χ0v) is 26.5. The van der Waals surface area contributed by atoms with Crippen molar-refractivity contribution in [1.29, 1.82) is 5.41 Å². The van der Waals surface area contributed by atoms with Crippen molar-refractivity contribution in [1.82, 2.24) is 4.90 Å². The molecule has 1 heterocycles. The molecule has 1 amide bonds. The number of nitrogens with one attached hydrogen (secondary N) is 1. The third-order valence-corrected chi connectivity index (χ3v) is 6.76. The largest absolute Gasteiger partial charge is 0.493 e. The lowest BCUT2D eigenvalue weighted by Gasteiger charge is -2.20. The first-order valence-electron chi connectivity index (χ1n) is 15.1. The summed E-state index contributed by atoms with van der Waals surface area (Å²) in [6.07, 6.45) is 15.5. The van der Waals surface area contributed by atoms with E-state index in [0.717, 1.165) is 42.3 Å². The molecule has 0 radical (unpaired) electrons. The molecular formula is C35H50F2N4O2. The molecule has 2 unspecified atom stereocenters. The molecule has 0 spiro atoms. The highest BCUT2D eigenvalue weighted by atomic mass is 19.1. The van der Waals surface area contributed by atoms with Gasteiger partial charge >= 0.3 is 0 Å². The monoisotopic (exact) mass is 596 g/mol. The van der Waals surface area contributed by atoms with Crippen molar-refractivity contribution in [2.45, 2.75) is 59.8 Å². The summed E-state index contributed by atoms with van der Waals surface area (Å²) in [6, 6.07) is 5.72. The first-order valence-corrected chi connectivity index (χ1v) is 15.1. The molecule has 0 saturated carbocycles. The van der Waals surface area contributed by atoms with Gasteiger partial charge in [0.15, 0.2) is 0 Å². The molecule has 2 atom stereocenters. The van der Waals surface area contributed by atoms with E-state index in [0.29, 0.717) is 36.6 Å². The van der Waals surface area contributed by atoms with Gasteiger partial charge in [-0.3, -0.25) is 10.2 Å². The van der Waals surface area contributed by atoms with E-state index in [-0.39, 0.29) is 11.7 Å². The number of benzene rings is 1. The number of halogens is 2. The SMILES string of the molecule is C=C(F)/C=C\C=C(\F)C(C)CN(C)CCCCC.CC.N=C(/C1=C/C(C(N)=O)/C=C/C=C(/N)C1)c1ccc2c(c1)CCO2. The van der Waals surface area contributed by atoms with Gasteiger partial charge in [-0.25, -0.2) is 8.78 Å². The second-order valence-electron chi connectivity index (χ2n) is 10.4. The number of primary amides is 1. The van der Waals surface area contributed by atoms with E-state index in [9.17, 15) is 13.6 Å². The number of nitrogens with two attached hydrogens (primary N) is 2. The van der Waals surface area contributed by atoms with Crippen molar-refractivity contribution < 1.29 is 18.3 Å². The average Bonchev–Trinajstić information content (AvgIpc) is 3.43. The Morgan fingerprint density at radius 3 is 2.65 bits per heavy atom. The Morgan fingerprint density at radius 2 is 2.00 bits per heavy atom. The van der Waals surface area contributed by atoms with Crippen LogP contribution in [0.5, 0.6) is 5.75 Å². The maximum atomic E-state index is 13.6. The van der Waals surface area contributed by atoms with E-state index in [1.54, 1.807) is 24.3 Å². The van der Waals surface area contributed by atoms with E-state index in [2.05, 4.69) is 18.4 Å². The fraction of sp³-hybridized carbons (Fsp3) is 0.429. The standard InChI is InChI=1S/C18H19N3O2.C15H25F2N.C2H6/c19-15-3-1-2-13(18(21)22)9-14(10-15)17(20)12-4-5-16-11(8-12)6-7-23-16;1-5-6-7-11-18(4)12-13(2)15(17)10-8-9-14(3)16;1-2/h1-5,8-9,13,20H,6-7,10,19H2,(H2,21,22);8-10,13H,3,5-7,11-12H2,1-2,4H3;1-2H3/b2-1+,14-9+,15-3+,20-17?;9-8-,15-10+;. The number of hydrogen-bond acceptors (Lipinski definition) is 5. The molecule has 1 aromatic rings. The average molecular weight is 597 g/mol. The first kappa shape index (κ1) is 37.2. The van der Waals surface area contributed by atoms with Gasteiger partial charge in [0.2, 0.25) is 5.91 Å². The lowest BCUT2D eigenvalue weighted by atomic mass is 9.92. The topological polar surface area (TPSA) is 105 Å². The summed E-state index contributed by atoms with van der Waals surface area (Å²) in [5.74, 6) is -1.06. The van der Waals surface area contributed by atoms with Gasteiger partial charge in [-0.15, -0.1) is 0 Å². The molecule has 0 fully saturated rings. The molecule has 3 rings (SSSR count). The van der Waals surface area contributed by atoms with Gasteiger partial charge in [-0.1, -0.05) is 71.4 Å². The molecule has 236 valence electrons. The maximum Gasteiger partial charge on any atom is 0.228 e. The zero-order chi connectivity index (χ0) is 32.4. The Morgan fingerprint density at radius 1 is 1.28 bits per heavy atom. The number of carbonyl (C=O) groups excluding carboxylic acids is 1. The summed E-state index contributed by atoms with van der Waals surface area (Å²) in [5.41, 5.74) is 15.0. The zero-order valence-electron chi connectivity index (χ0n) is 26.5. The number of unbranched alkanes of at least 4 members (excludes halogenated alkanes) is 2. The minimum absolute atomic E-state index is 0.172. The number of amides is 1. The van der Waals surface area contributed by atoms with Crippen LogP contribution in [-0.4, -0.2) is 43.3 Å². The van der Waals surface area contributed by atoms with Gasteiger partial charge in [0, 0.05) is 36.6 Å². The van der Waals surface area contributed by atoms with E-state index >= 15 is 0 Å². The third-order valence-electron chi connectivity index (χ3n) is 6.76. The second-order valence-corrected chi connectivity index (χ2v) is 10.4. The Balaban J connectivity index is 0.000000420. The van der Waals surface area contributed by atoms with Gasteiger partial charge in [0.25, 0.3) is 0 Å². The predicted octanol–water partition coefficient (Wildman–Crippen LogP) is 7.48. The van der Waals surface area contributed by atoms with Gasteiger partial charge in [-0.05, 0) is 67.6 Å². The molecule has 2 aliphatic rings. The minimum atomic E-state index is -0.566. The highest BCUT2D eigenvalue weighted by Gasteiger charge is 2.19. The van der Waals surface area contributed by atoms with Crippen LogP contribution in [0.15, 0.2) is 90.2 Å². The Kier molecular flexibility index (Phi) is 17.5. The second kappa shape index (κ2) is 20.2. The number of fused-ring (bicyclic) bond motifs is 1. The van der Waals surface area contributed by atoms with Crippen LogP contribution >= 0.6 is 0 Å². The number of nitrogens with zero attached hydrogens (tertiary/aromatic N) is 1. The molecule has 0 bridgehead atoms. The first-order chi connectivity index (χ1) is 20.5. The molecule has 43 heavy (non-hydrogen) atoms. The van der Waals surface area contributed by atoms with E-state index in [4.69, 9.17) is 21.6 Å². The lowest BCUT2D eigenvalue weighted by Crippen LogP contribution is -2.25. The molecule has 6 nitrogen and oxygen atoms in total. The Bertz CT molecular complexity index is 1230. The minimum Gasteiger partial charge on any atom is -0.493 e. The summed E-state index contributed by atoms with van der Waals surface area (Å²) in [4.78, 5) is 13.7. The highest BCUT2D eigenvalue weighted by molar-refractivity contribution is 6.11. The van der Waals surface area contributed by atoms with Crippen LogP contribution < -0.4 is 16.2 Å². The molecular weight excluding hydrogens is 546 g/mol. The van der Waals surface area contributed by atoms with E-state index < -0.39 is 17.7 Å². The smallest absolute Gasteiger partial charge is 0.228 e. The Labute approximate surface area is 257 Å². The third kappa shape index (κ3) is 13.8. The van der Waals surface area contributed by atoms with Gasteiger partial charge < -0.3 is 21.1 Å². The number of hydrogen-bond donors (Lipinski definition) is 3. The molecule has 8 heteroatoms. The fourth-order valence-electron chi connectivity index (χ4n) is 4.47. The summed E-state index contributed by atoms with van der Waals surface area (Å²) in [5, 5.41) is 8.51. The number of allylic oxidation sites excluding steroid dienone is 7. The van der Waals surface area contributed by atoms with Crippen LogP contribution in [-0.2, 0) is 11.2 Å². The van der Waals surface area contributed by atoms with Crippen LogP contribution in [0.1, 0.15) is 64.5 Å². The molecule has 5 N–H and O–H groups in total. The normalized spacial score (nSPS) is 19.9. The van der Waals surface area contributed by atoms with Crippen molar-refractivity contribution in [3.05, 3.63) is 101 Å². The van der Waals surface area contributed by atoms with Crippen molar-refractivity contribution >= 4 is 11.6 Å². The molecule has 0 saturated heterocycles. The van der Waals surface area contributed by atoms with Crippen molar-refractivity contribution in [2.75, 3.05) is 26.7 Å². The van der Waals surface area contributed by atoms with Crippen molar-refractivity contribution in [2.24, 2.45) is 23.3 Å². The fourth-order valence-corrected chi connectivity index (χ4v) is 4.47. The Hall–Kier alpha value is -3.78. The van der Waals surface area contributed by atoms with Gasteiger partial charge in [0.1, 0.15) is 17.4 Å². The number of rotatable bonds is 12. The summed E-state index contributed by atoms with van der Waals surface area (Å²) < 4.78 is 31.4. The maximum absolute atomic E-state index is 13.6. The van der Waals surface area contributed by atoms with Crippen molar-refractivity contribution in [3.63, 3.8) is 0 Å². The highest BCUT2D eigenvalue weighted by Crippen LogP contribution is 2.28. The van der Waals surface area contributed by atoms with Crippen LogP contribution in [0, 0.1) is 17.2 Å². The van der Waals surface area contributed by atoms with Crippen LogP contribution in [0.4, 0.5) is 8.78 Å². The predicted molar refractivity (Wildman–Crippen MR) is 175 cm³/mol. The summed E-state index contributed by atoms with van der Waals surface area (Å²) in [6.45, 7) is 13.4. The van der Waals surface area contributed by atoms with E-state index in [1.807, 2.05) is 46.0 Å². The van der Waals surface area contributed by atoms with E-state index in [1.165, 1.54) is 25.0 Å². The quantitative estimate of drug-likeness (QED) is 0.132. The van der Waals surface area contributed by atoms with Gasteiger partial charge in [-0.2, -0.15) is 0 Å². The van der Waals surface area contributed by atoms with Gasteiger partial charge in [0.05, 0.1) is 18.2 Å². The molecule has 0 aromatic heterocycles. The summed E-state index contributed by atoms with van der Waals surface area (Å²) >= 11 is 0. The summed E-state index contributed by atoms with van der Waals surface area (Å²) in [7, 11) is 2.00. The molecule has 1 aliphatic carbocycles.